The maximum absolute atomic E-state index is 11.9. The number of aliphatic hydroxyl groups is 1. The van der Waals surface area contributed by atoms with E-state index < -0.39 is 0 Å². The van der Waals surface area contributed by atoms with Crippen molar-refractivity contribution in [2.24, 2.45) is 0 Å². The molecule has 0 unspecified atom stereocenters. The van der Waals surface area contributed by atoms with Gasteiger partial charge >= 0.3 is 0 Å². The number of carbonyl (C=O) groups is 1. The molecular formula is C11H11IO2S. The van der Waals surface area contributed by atoms with Gasteiger partial charge in [-0.15, -0.1) is 11.8 Å². The van der Waals surface area contributed by atoms with Crippen molar-refractivity contribution < 1.29 is 9.90 Å². The van der Waals surface area contributed by atoms with Crippen LogP contribution in [0, 0.1) is 3.57 Å². The molecule has 0 radical (unpaired) electrons. The van der Waals surface area contributed by atoms with Gasteiger partial charge in [-0.2, -0.15) is 0 Å². The Morgan fingerprint density at radius 2 is 2.20 bits per heavy atom. The molecular weight excluding hydrogens is 323 g/mol. The fraction of sp³-hybridized carbons (Fsp3) is 0.182. The van der Waals surface area contributed by atoms with E-state index in [1.54, 1.807) is 6.92 Å². The van der Waals surface area contributed by atoms with Crippen molar-refractivity contribution in [3.05, 3.63) is 39.2 Å². The van der Waals surface area contributed by atoms with E-state index in [0.717, 1.165) is 14.7 Å². The van der Waals surface area contributed by atoms with Crippen LogP contribution < -0.4 is 0 Å². The number of allylic oxidation sites excluding steroid dienone is 1. The minimum atomic E-state index is -0.125. The smallest absolute Gasteiger partial charge is 0.192 e. The Morgan fingerprint density at radius 3 is 2.73 bits per heavy atom. The number of hydrogen-bond donors (Lipinski definition) is 1. The summed E-state index contributed by atoms with van der Waals surface area (Å²) in [5.74, 6) is -0.125. The van der Waals surface area contributed by atoms with E-state index in [2.05, 4.69) is 22.6 Å². The van der Waals surface area contributed by atoms with Gasteiger partial charge < -0.3 is 5.11 Å². The molecule has 1 N–H and O–H groups in total. The number of rotatable bonds is 3. The quantitative estimate of drug-likeness (QED) is 0.301. The van der Waals surface area contributed by atoms with Crippen LogP contribution in [0.1, 0.15) is 17.3 Å². The zero-order valence-electron chi connectivity index (χ0n) is 8.45. The van der Waals surface area contributed by atoms with E-state index in [9.17, 15) is 4.79 Å². The molecule has 80 valence electrons. The van der Waals surface area contributed by atoms with Gasteiger partial charge in [0.25, 0.3) is 0 Å². The van der Waals surface area contributed by atoms with Gasteiger partial charge in [0.15, 0.2) is 5.78 Å². The molecule has 0 amide bonds. The topological polar surface area (TPSA) is 37.3 Å². The maximum atomic E-state index is 11.9. The monoisotopic (exact) mass is 334 g/mol. The summed E-state index contributed by atoms with van der Waals surface area (Å²) >= 11 is 3.69. The summed E-state index contributed by atoms with van der Waals surface area (Å²) in [5.41, 5.74) is 1.00. The second-order valence-corrected chi connectivity index (χ2v) is 5.08. The molecule has 0 aliphatic carbocycles. The average molecular weight is 334 g/mol. The van der Waals surface area contributed by atoms with Crippen LogP contribution in [0.3, 0.4) is 0 Å². The minimum Gasteiger partial charge on any atom is -0.515 e. The van der Waals surface area contributed by atoms with Crippen molar-refractivity contribution in [1.82, 2.24) is 0 Å². The zero-order valence-corrected chi connectivity index (χ0v) is 11.4. The summed E-state index contributed by atoms with van der Waals surface area (Å²) < 4.78 is 1.01. The van der Waals surface area contributed by atoms with Gasteiger partial charge in [-0.1, -0.05) is 0 Å². The third-order valence-electron chi connectivity index (χ3n) is 1.96. The van der Waals surface area contributed by atoms with Crippen LogP contribution in [0.5, 0.6) is 0 Å². The van der Waals surface area contributed by atoms with Crippen molar-refractivity contribution in [3.8, 4) is 0 Å². The van der Waals surface area contributed by atoms with Crippen molar-refractivity contribution in [2.75, 3.05) is 6.26 Å². The Kier molecular flexibility index (Phi) is 4.66. The molecule has 0 heterocycles. The molecule has 2 nitrogen and oxygen atoms in total. The Hall–Kier alpha value is -0.490. The van der Waals surface area contributed by atoms with Crippen LogP contribution in [0.25, 0.3) is 0 Å². The van der Waals surface area contributed by atoms with Crippen molar-refractivity contribution >= 4 is 40.1 Å². The lowest BCUT2D eigenvalue weighted by atomic mass is 10.1. The van der Waals surface area contributed by atoms with Crippen LogP contribution in [0.15, 0.2) is 34.9 Å². The summed E-state index contributed by atoms with van der Waals surface area (Å²) in [6, 6.07) is 5.72. The molecule has 0 fully saturated rings. The molecule has 0 spiro atoms. The molecule has 1 aromatic rings. The Labute approximate surface area is 107 Å². The number of halogens is 1. The Balaban J connectivity index is 3.23. The van der Waals surface area contributed by atoms with Gasteiger partial charge in [0.05, 0.1) is 6.26 Å². The predicted molar refractivity (Wildman–Crippen MR) is 71.7 cm³/mol. The van der Waals surface area contributed by atoms with Gasteiger partial charge in [0.1, 0.15) is 0 Å². The molecule has 1 rings (SSSR count). The largest absolute Gasteiger partial charge is 0.515 e. The van der Waals surface area contributed by atoms with Crippen LogP contribution in [0.4, 0.5) is 0 Å². The third kappa shape index (κ3) is 2.98. The number of carbonyl (C=O) groups excluding carboxylic acids is 1. The first-order valence-corrected chi connectivity index (χ1v) is 6.59. The molecule has 0 bridgehead atoms. The summed E-state index contributed by atoms with van der Waals surface area (Å²) in [5, 5.41) is 8.81. The van der Waals surface area contributed by atoms with Crippen molar-refractivity contribution in [2.45, 2.75) is 11.8 Å². The second kappa shape index (κ2) is 5.55. The average Bonchev–Trinajstić information content (AvgIpc) is 2.27. The standard InChI is InChI=1S/C11H11IO2S/c1-7(6-13)11(14)9-5-8(12)3-4-10(9)15-2/h3-6,13H,1-2H3/b7-6-. The highest BCUT2D eigenvalue weighted by Crippen LogP contribution is 2.24. The molecule has 0 aliphatic heterocycles. The first-order valence-electron chi connectivity index (χ1n) is 4.29. The minimum absolute atomic E-state index is 0.125. The van der Waals surface area contributed by atoms with Gasteiger partial charge in [0.2, 0.25) is 0 Å². The molecule has 15 heavy (non-hydrogen) atoms. The fourth-order valence-corrected chi connectivity index (χ4v) is 2.20. The van der Waals surface area contributed by atoms with Crippen molar-refractivity contribution in [1.29, 1.82) is 0 Å². The number of hydrogen-bond acceptors (Lipinski definition) is 3. The molecule has 1 aromatic carbocycles. The summed E-state index contributed by atoms with van der Waals surface area (Å²) in [6.45, 7) is 1.60. The summed E-state index contributed by atoms with van der Waals surface area (Å²) in [7, 11) is 0. The fourth-order valence-electron chi connectivity index (χ4n) is 1.13. The van der Waals surface area contributed by atoms with E-state index >= 15 is 0 Å². The molecule has 0 aliphatic rings. The van der Waals surface area contributed by atoms with Gasteiger partial charge in [0, 0.05) is 19.6 Å². The van der Waals surface area contributed by atoms with Gasteiger partial charge in [-0.3, -0.25) is 4.79 Å². The number of thioether (sulfide) groups is 1. The SMILES string of the molecule is CSc1ccc(I)cc1C(=O)/C(C)=C\O. The highest BCUT2D eigenvalue weighted by atomic mass is 127. The van der Waals surface area contributed by atoms with Crippen molar-refractivity contribution in [3.63, 3.8) is 0 Å². The number of Topliss-reactive ketones (excluding diaryl/α,β-unsaturated/α-hetero) is 1. The summed E-state index contributed by atoms with van der Waals surface area (Å²) in [6.07, 6.45) is 2.78. The molecule has 4 heteroatoms. The zero-order chi connectivity index (χ0) is 11.4. The maximum Gasteiger partial charge on any atom is 0.192 e. The molecule has 0 saturated carbocycles. The van der Waals surface area contributed by atoms with E-state index in [-0.39, 0.29) is 5.78 Å². The molecule has 0 saturated heterocycles. The predicted octanol–water partition coefficient (Wildman–Crippen LogP) is 3.66. The van der Waals surface area contributed by atoms with Crippen LogP contribution in [-0.4, -0.2) is 17.1 Å². The Morgan fingerprint density at radius 1 is 1.53 bits per heavy atom. The number of benzene rings is 1. The Bertz CT molecular complexity index is 413. The molecule has 0 aromatic heterocycles. The van der Waals surface area contributed by atoms with E-state index in [0.29, 0.717) is 11.1 Å². The highest BCUT2D eigenvalue weighted by Gasteiger charge is 2.13. The lowest BCUT2D eigenvalue weighted by Crippen LogP contribution is -2.03. The van der Waals surface area contributed by atoms with Crippen LogP contribution >= 0.6 is 34.4 Å². The van der Waals surface area contributed by atoms with Crippen LogP contribution in [-0.2, 0) is 0 Å². The van der Waals surface area contributed by atoms with E-state index in [4.69, 9.17) is 5.11 Å². The van der Waals surface area contributed by atoms with Crippen LogP contribution in [0.2, 0.25) is 0 Å². The van der Waals surface area contributed by atoms with Gasteiger partial charge in [-0.05, 0) is 54.0 Å². The lowest BCUT2D eigenvalue weighted by molar-refractivity contribution is 0.102. The van der Waals surface area contributed by atoms with E-state index in [1.165, 1.54) is 11.8 Å². The van der Waals surface area contributed by atoms with Gasteiger partial charge in [-0.25, -0.2) is 0 Å². The number of ketones is 1. The van der Waals surface area contributed by atoms with E-state index in [1.807, 2.05) is 24.5 Å². The first-order chi connectivity index (χ1) is 7.10. The number of aliphatic hydroxyl groups excluding tert-OH is 1. The highest BCUT2D eigenvalue weighted by molar-refractivity contribution is 14.1. The summed E-state index contributed by atoms with van der Waals surface area (Å²) in [4.78, 5) is 12.8. The lowest BCUT2D eigenvalue weighted by Gasteiger charge is -2.06. The third-order valence-corrected chi connectivity index (χ3v) is 3.42. The first kappa shape index (κ1) is 12.6. The second-order valence-electron chi connectivity index (χ2n) is 2.99. The normalized spacial score (nSPS) is 11.5. The molecule has 0 atom stereocenters.